The number of aromatic amines is 2. The Balaban J connectivity index is 1.45. The molecule has 0 aliphatic heterocycles. The van der Waals surface area contributed by atoms with E-state index in [2.05, 4.69) is 55.6 Å². The number of H-pyrrole nitrogens is 2. The van der Waals surface area contributed by atoms with Gasteiger partial charge in [0, 0.05) is 52.6 Å². The van der Waals surface area contributed by atoms with Gasteiger partial charge < -0.3 is 10.3 Å². The van der Waals surface area contributed by atoms with Gasteiger partial charge in [-0.1, -0.05) is 31.2 Å². The molecule has 0 saturated carbocycles. The van der Waals surface area contributed by atoms with Gasteiger partial charge >= 0.3 is 0 Å². The van der Waals surface area contributed by atoms with Crippen molar-refractivity contribution in [2.24, 2.45) is 0 Å². The highest BCUT2D eigenvalue weighted by atomic mass is 19.1. The van der Waals surface area contributed by atoms with Crippen LogP contribution in [0.2, 0.25) is 0 Å². The molecule has 6 rings (SSSR count). The van der Waals surface area contributed by atoms with Gasteiger partial charge in [0.2, 0.25) is 0 Å². The van der Waals surface area contributed by atoms with Gasteiger partial charge in [-0.15, -0.1) is 0 Å². The van der Waals surface area contributed by atoms with Crippen LogP contribution in [0.5, 0.6) is 0 Å². The Bertz CT molecular complexity index is 1670. The van der Waals surface area contributed by atoms with Gasteiger partial charge in [0.15, 0.2) is 0 Å². The lowest BCUT2D eigenvalue weighted by Gasteiger charge is -2.06. The first-order valence-electron chi connectivity index (χ1n) is 11.6. The maximum absolute atomic E-state index is 14.5. The first-order chi connectivity index (χ1) is 17.2. The monoisotopic (exact) mass is 462 g/mol. The van der Waals surface area contributed by atoms with Gasteiger partial charge in [-0.3, -0.25) is 15.1 Å². The van der Waals surface area contributed by atoms with Crippen LogP contribution in [0.1, 0.15) is 12.5 Å². The summed E-state index contributed by atoms with van der Waals surface area (Å²) in [5.74, 6) is -0.274. The molecule has 0 spiro atoms. The number of benzene rings is 2. The number of hydrogen-bond acceptors (Lipinski definition) is 4. The van der Waals surface area contributed by atoms with Gasteiger partial charge in [0.05, 0.1) is 22.9 Å². The van der Waals surface area contributed by atoms with E-state index in [1.54, 1.807) is 24.5 Å². The maximum atomic E-state index is 14.5. The molecule has 0 atom stereocenters. The minimum atomic E-state index is -0.274. The predicted octanol–water partition coefficient (Wildman–Crippen LogP) is 6.08. The lowest BCUT2D eigenvalue weighted by molar-refractivity contribution is 0.631. The Hall–Kier alpha value is -4.36. The number of halogens is 1. The van der Waals surface area contributed by atoms with Crippen molar-refractivity contribution in [3.8, 4) is 33.6 Å². The minimum absolute atomic E-state index is 0.274. The van der Waals surface area contributed by atoms with Crippen molar-refractivity contribution in [2.75, 3.05) is 6.54 Å². The average Bonchev–Trinajstić information content (AvgIpc) is 3.51. The Morgan fingerprint density at radius 3 is 2.60 bits per heavy atom. The van der Waals surface area contributed by atoms with Crippen LogP contribution in [0.3, 0.4) is 0 Å². The molecule has 2 aromatic carbocycles. The topological polar surface area (TPSA) is 82.3 Å². The number of fused-ring (bicyclic) bond motifs is 2. The molecule has 4 heterocycles. The molecule has 0 aliphatic carbocycles. The van der Waals surface area contributed by atoms with Crippen molar-refractivity contribution in [1.82, 2.24) is 30.5 Å². The summed E-state index contributed by atoms with van der Waals surface area (Å²) in [6.07, 6.45) is 7.22. The normalized spacial score (nSPS) is 11.5. The van der Waals surface area contributed by atoms with Crippen molar-refractivity contribution < 1.29 is 4.39 Å². The summed E-state index contributed by atoms with van der Waals surface area (Å²) in [5.41, 5.74) is 7.93. The van der Waals surface area contributed by atoms with E-state index in [-0.39, 0.29) is 5.82 Å². The Kier molecular flexibility index (Phi) is 5.31. The van der Waals surface area contributed by atoms with Gasteiger partial charge in [-0.05, 0) is 48.0 Å². The van der Waals surface area contributed by atoms with E-state index >= 15 is 0 Å². The van der Waals surface area contributed by atoms with Gasteiger partial charge in [0.1, 0.15) is 11.5 Å². The van der Waals surface area contributed by atoms with Crippen LogP contribution in [0.4, 0.5) is 4.39 Å². The quantitative estimate of drug-likeness (QED) is 0.280. The molecule has 3 N–H and O–H groups in total. The van der Waals surface area contributed by atoms with Crippen LogP contribution in [0.15, 0.2) is 79.4 Å². The molecule has 4 aromatic heterocycles. The molecule has 0 bridgehead atoms. The molecule has 6 aromatic rings. The van der Waals surface area contributed by atoms with Crippen molar-refractivity contribution in [3.05, 3.63) is 90.8 Å². The summed E-state index contributed by atoms with van der Waals surface area (Å²) in [5, 5.41) is 13.0. The Labute approximate surface area is 201 Å². The highest BCUT2D eigenvalue weighted by Gasteiger charge is 2.16. The molecule has 35 heavy (non-hydrogen) atoms. The molecule has 172 valence electrons. The van der Waals surface area contributed by atoms with E-state index in [1.165, 1.54) is 6.07 Å². The molecule has 6 nitrogen and oxygen atoms in total. The van der Waals surface area contributed by atoms with E-state index in [0.29, 0.717) is 5.56 Å². The highest BCUT2D eigenvalue weighted by molar-refractivity contribution is 6.01. The van der Waals surface area contributed by atoms with Crippen molar-refractivity contribution in [2.45, 2.75) is 13.5 Å². The summed E-state index contributed by atoms with van der Waals surface area (Å²) in [7, 11) is 0. The molecular weight excluding hydrogens is 439 g/mol. The number of nitrogens with zero attached hydrogens (tertiary/aromatic N) is 3. The Morgan fingerprint density at radius 2 is 1.71 bits per heavy atom. The average molecular weight is 463 g/mol. The van der Waals surface area contributed by atoms with E-state index in [1.807, 2.05) is 30.6 Å². The van der Waals surface area contributed by atoms with E-state index in [9.17, 15) is 4.39 Å². The zero-order valence-electron chi connectivity index (χ0n) is 19.1. The second kappa shape index (κ2) is 8.77. The van der Waals surface area contributed by atoms with Gasteiger partial charge in [-0.2, -0.15) is 5.10 Å². The van der Waals surface area contributed by atoms with Crippen LogP contribution >= 0.6 is 0 Å². The SMILES string of the molecule is CCNCc1cncc(-c2ccc3[nH]nc(-c4cc5c(-c6ccccc6F)cncc5[nH]4)c3c2)c1. The van der Waals surface area contributed by atoms with Crippen LogP contribution in [0.25, 0.3) is 55.4 Å². The van der Waals surface area contributed by atoms with E-state index in [4.69, 9.17) is 0 Å². The van der Waals surface area contributed by atoms with Gasteiger partial charge in [-0.25, -0.2) is 4.39 Å². The molecule has 0 saturated heterocycles. The van der Waals surface area contributed by atoms with Crippen LogP contribution < -0.4 is 5.32 Å². The number of hydrogen-bond donors (Lipinski definition) is 3. The first-order valence-corrected chi connectivity index (χ1v) is 11.6. The summed E-state index contributed by atoms with van der Waals surface area (Å²) in [6, 6.07) is 17.2. The summed E-state index contributed by atoms with van der Waals surface area (Å²) < 4.78 is 14.5. The third-order valence-electron chi connectivity index (χ3n) is 6.23. The number of nitrogens with one attached hydrogen (secondary N) is 3. The zero-order chi connectivity index (χ0) is 23.8. The molecule has 0 amide bonds. The standard InChI is InChI=1S/C28H23FN6/c1-2-30-12-17-9-19(14-31-13-17)18-7-8-25-22(10-18)28(35-34-25)26-11-21-23(15-32-16-27(21)33-26)20-5-3-4-6-24(20)29/h3-11,13-16,30,33H,2,12H2,1H3,(H,34,35). The first kappa shape index (κ1) is 21.2. The van der Waals surface area contributed by atoms with Crippen molar-refractivity contribution >= 4 is 21.8 Å². The third-order valence-corrected chi connectivity index (χ3v) is 6.23. The largest absolute Gasteiger partial charge is 0.352 e. The second-order valence-corrected chi connectivity index (χ2v) is 8.51. The summed E-state index contributed by atoms with van der Waals surface area (Å²) >= 11 is 0. The fourth-order valence-electron chi connectivity index (χ4n) is 4.48. The lowest BCUT2D eigenvalue weighted by Crippen LogP contribution is -2.11. The van der Waals surface area contributed by atoms with Crippen molar-refractivity contribution in [3.63, 3.8) is 0 Å². The summed E-state index contributed by atoms with van der Waals surface area (Å²) in [6.45, 7) is 3.78. The molecule has 0 radical (unpaired) electrons. The molecule has 0 aliphatic rings. The fourth-order valence-corrected chi connectivity index (χ4v) is 4.48. The number of rotatable bonds is 6. The zero-order valence-corrected chi connectivity index (χ0v) is 19.1. The van der Waals surface area contributed by atoms with Crippen LogP contribution in [-0.2, 0) is 6.54 Å². The number of aromatic nitrogens is 5. The summed E-state index contributed by atoms with van der Waals surface area (Å²) in [4.78, 5) is 12.2. The number of pyridine rings is 2. The van der Waals surface area contributed by atoms with Gasteiger partial charge in [0.25, 0.3) is 0 Å². The van der Waals surface area contributed by atoms with E-state index < -0.39 is 0 Å². The third kappa shape index (κ3) is 3.86. The highest BCUT2D eigenvalue weighted by Crippen LogP contribution is 2.35. The second-order valence-electron chi connectivity index (χ2n) is 8.51. The molecule has 0 fully saturated rings. The molecule has 0 unspecified atom stereocenters. The minimum Gasteiger partial charge on any atom is -0.352 e. The fraction of sp³-hybridized carbons (Fsp3) is 0.107. The maximum Gasteiger partial charge on any atom is 0.131 e. The van der Waals surface area contributed by atoms with Crippen molar-refractivity contribution in [1.29, 1.82) is 0 Å². The Morgan fingerprint density at radius 1 is 0.829 bits per heavy atom. The smallest absolute Gasteiger partial charge is 0.131 e. The molecular formula is C28H23FN6. The lowest BCUT2D eigenvalue weighted by atomic mass is 10.0. The van der Waals surface area contributed by atoms with E-state index in [0.717, 1.165) is 68.5 Å². The molecule has 7 heteroatoms. The predicted molar refractivity (Wildman–Crippen MR) is 137 cm³/mol. The van der Waals surface area contributed by atoms with Crippen LogP contribution in [0, 0.1) is 5.82 Å². The van der Waals surface area contributed by atoms with Crippen LogP contribution in [-0.4, -0.2) is 31.7 Å².